The predicted octanol–water partition coefficient (Wildman–Crippen LogP) is 2.62. The molecular formula is C20H24N6O5S. The second kappa shape index (κ2) is 9.49. The normalized spacial score (nSPS) is 18.3. The smallest absolute Gasteiger partial charge is 0.381 e. The Kier molecular flexibility index (Phi) is 6.51. The van der Waals surface area contributed by atoms with Crippen LogP contribution in [0.1, 0.15) is 41.9 Å². The number of amides is 1. The summed E-state index contributed by atoms with van der Waals surface area (Å²) in [4.78, 5) is 25.2. The first-order valence-corrected chi connectivity index (χ1v) is 11.0. The zero-order valence-corrected chi connectivity index (χ0v) is 18.8. The molecule has 1 amide bonds. The van der Waals surface area contributed by atoms with E-state index in [1.54, 1.807) is 18.0 Å². The van der Waals surface area contributed by atoms with E-state index in [-0.39, 0.29) is 28.8 Å². The topological polar surface area (TPSA) is 133 Å². The minimum Gasteiger partial charge on any atom is -0.488 e. The van der Waals surface area contributed by atoms with E-state index >= 15 is 0 Å². The molecule has 0 saturated heterocycles. The Labute approximate surface area is 187 Å². The Morgan fingerprint density at radius 1 is 1.28 bits per heavy atom. The van der Waals surface area contributed by atoms with Gasteiger partial charge in [0.2, 0.25) is 16.0 Å². The van der Waals surface area contributed by atoms with E-state index in [1.807, 2.05) is 13.0 Å². The second-order valence-corrected chi connectivity index (χ2v) is 8.34. The van der Waals surface area contributed by atoms with Crippen molar-refractivity contribution in [1.82, 2.24) is 20.0 Å². The third-order valence-corrected chi connectivity index (χ3v) is 6.14. The molecule has 0 aromatic carbocycles. The molecule has 0 spiro atoms. The quantitative estimate of drug-likeness (QED) is 0.546. The third kappa shape index (κ3) is 4.50. The van der Waals surface area contributed by atoms with Gasteiger partial charge >= 0.3 is 5.63 Å². The molecule has 4 rings (SSSR count). The molecule has 0 radical (unpaired) electrons. The number of aromatic nitrogens is 4. The molecular weight excluding hydrogens is 436 g/mol. The van der Waals surface area contributed by atoms with E-state index < -0.39 is 11.5 Å². The number of ether oxygens (including phenoxy) is 2. The fraction of sp³-hybridized carbons (Fsp3) is 0.450. The summed E-state index contributed by atoms with van der Waals surface area (Å²) in [5.41, 5.74) is 0.512. The van der Waals surface area contributed by atoms with Crippen molar-refractivity contribution in [2.24, 2.45) is 0 Å². The minimum absolute atomic E-state index is 0.00328. The summed E-state index contributed by atoms with van der Waals surface area (Å²) in [6.07, 6.45) is 5.58. The highest BCUT2D eigenvalue weighted by atomic mass is 32.1. The Morgan fingerprint density at radius 3 is 2.81 bits per heavy atom. The SMILES string of the molecule is COc1c(N[C@H]2CCCC[C@H]2OC)cc(C(=O)Nc2nnc(-n3nccc3C)s2)oc1=O. The van der Waals surface area contributed by atoms with Crippen LogP contribution in [0, 0.1) is 6.92 Å². The molecule has 1 aliphatic carbocycles. The maximum Gasteiger partial charge on any atom is 0.381 e. The van der Waals surface area contributed by atoms with Gasteiger partial charge in [0, 0.05) is 25.1 Å². The van der Waals surface area contributed by atoms with Gasteiger partial charge in [-0.25, -0.2) is 9.48 Å². The first kappa shape index (κ1) is 22.0. The highest BCUT2D eigenvalue weighted by molar-refractivity contribution is 7.17. The van der Waals surface area contributed by atoms with Gasteiger partial charge in [-0.3, -0.25) is 10.1 Å². The first-order valence-electron chi connectivity index (χ1n) is 10.2. The van der Waals surface area contributed by atoms with Crippen LogP contribution in [0.4, 0.5) is 10.8 Å². The molecule has 0 aliphatic heterocycles. The van der Waals surface area contributed by atoms with Gasteiger partial charge in [-0.15, -0.1) is 10.2 Å². The van der Waals surface area contributed by atoms with Crippen molar-refractivity contribution in [3.8, 4) is 10.9 Å². The van der Waals surface area contributed by atoms with E-state index in [4.69, 9.17) is 13.9 Å². The number of nitrogens with zero attached hydrogens (tertiary/aromatic N) is 4. The molecule has 1 aliphatic rings. The van der Waals surface area contributed by atoms with Crippen molar-refractivity contribution < 1.29 is 18.7 Å². The van der Waals surface area contributed by atoms with E-state index in [9.17, 15) is 9.59 Å². The number of carbonyl (C=O) groups excluding carboxylic acids is 1. The number of anilines is 2. The summed E-state index contributed by atoms with van der Waals surface area (Å²) >= 11 is 1.15. The maximum absolute atomic E-state index is 12.8. The number of carbonyl (C=O) groups is 1. The fourth-order valence-corrected chi connectivity index (χ4v) is 4.48. The van der Waals surface area contributed by atoms with Crippen molar-refractivity contribution in [2.75, 3.05) is 24.9 Å². The van der Waals surface area contributed by atoms with E-state index in [0.717, 1.165) is 42.7 Å². The van der Waals surface area contributed by atoms with Gasteiger partial charge in [0.25, 0.3) is 5.91 Å². The van der Waals surface area contributed by atoms with Crippen LogP contribution < -0.4 is 21.0 Å². The summed E-state index contributed by atoms with van der Waals surface area (Å²) in [7, 11) is 3.05. The van der Waals surface area contributed by atoms with Crippen molar-refractivity contribution in [3.63, 3.8) is 0 Å². The molecule has 2 N–H and O–H groups in total. The third-order valence-electron chi connectivity index (χ3n) is 5.33. The molecule has 3 heterocycles. The summed E-state index contributed by atoms with van der Waals surface area (Å²) in [5.74, 6) is -0.788. The highest BCUT2D eigenvalue weighted by Crippen LogP contribution is 2.29. The first-order chi connectivity index (χ1) is 15.5. The number of rotatable bonds is 7. The number of hydrogen-bond acceptors (Lipinski definition) is 10. The lowest BCUT2D eigenvalue weighted by Gasteiger charge is -2.32. The van der Waals surface area contributed by atoms with Crippen molar-refractivity contribution in [1.29, 1.82) is 0 Å². The van der Waals surface area contributed by atoms with Crippen LogP contribution >= 0.6 is 11.3 Å². The summed E-state index contributed by atoms with van der Waals surface area (Å²) in [6.45, 7) is 1.88. The van der Waals surface area contributed by atoms with Crippen LogP contribution in [0.15, 0.2) is 27.5 Å². The van der Waals surface area contributed by atoms with Gasteiger partial charge in [0.1, 0.15) is 0 Å². The fourth-order valence-electron chi connectivity index (χ4n) is 3.72. The molecule has 12 heteroatoms. The maximum atomic E-state index is 12.8. The zero-order chi connectivity index (χ0) is 22.7. The van der Waals surface area contributed by atoms with Crippen LogP contribution in [0.5, 0.6) is 5.75 Å². The molecule has 3 aromatic heterocycles. The van der Waals surface area contributed by atoms with Gasteiger partial charge in [-0.05, 0) is 25.8 Å². The lowest BCUT2D eigenvalue weighted by Crippen LogP contribution is -2.38. The average Bonchev–Trinajstić information content (AvgIpc) is 3.42. The van der Waals surface area contributed by atoms with Gasteiger partial charge in [-0.2, -0.15) is 5.10 Å². The van der Waals surface area contributed by atoms with Crippen LogP contribution in [0.3, 0.4) is 0 Å². The van der Waals surface area contributed by atoms with Crippen molar-refractivity contribution >= 4 is 28.1 Å². The molecule has 2 atom stereocenters. The molecule has 1 saturated carbocycles. The molecule has 0 bridgehead atoms. The molecule has 32 heavy (non-hydrogen) atoms. The van der Waals surface area contributed by atoms with E-state index in [1.165, 1.54) is 13.2 Å². The number of nitrogens with one attached hydrogen (secondary N) is 2. The summed E-state index contributed by atoms with van der Waals surface area (Å²) < 4.78 is 17.6. The predicted molar refractivity (Wildman–Crippen MR) is 118 cm³/mol. The van der Waals surface area contributed by atoms with Gasteiger partial charge in [0.15, 0.2) is 5.76 Å². The Hall–Kier alpha value is -3.25. The Bertz CT molecular complexity index is 1160. The molecule has 1 fully saturated rings. The minimum atomic E-state index is -0.752. The van der Waals surface area contributed by atoms with Crippen molar-refractivity contribution in [2.45, 2.75) is 44.8 Å². The lowest BCUT2D eigenvalue weighted by molar-refractivity contribution is 0.0605. The zero-order valence-electron chi connectivity index (χ0n) is 18.0. The van der Waals surface area contributed by atoms with Crippen LogP contribution in [-0.2, 0) is 4.74 Å². The standard InChI is InChI=1S/C20H24N6O5S/c1-11-8-9-21-26(11)20-25-24-19(32-20)23-17(27)15-10-13(16(30-3)18(28)31-15)22-12-6-4-5-7-14(12)29-2/h8-10,12,14,22H,4-7H2,1-3H3,(H,23,24,27)/t12-,14+/m0/s1. The van der Waals surface area contributed by atoms with Gasteiger partial charge < -0.3 is 19.2 Å². The van der Waals surface area contributed by atoms with Crippen LogP contribution in [0.25, 0.3) is 5.13 Å². The number of methoxy groups -OCH3 is 2. The van der Waals surface area contributed by atoms with Crippen LogP contribution in [0.2, 0.25) is 0 Å². The average molecular weight is 461 g/mol. The molecule has 0 unspecified atom stereocenters. The van der Waals surface area contributed by atoms with E-state index in [0.29, 0.717) is 10.8 Å². The van der Waals surface area contributed by atoms with E-state index in [2.05, 4.69) is 25.9 Å². The van der Waals surface area contributed by atoms with Crippen molar-refractivity contribution in [3.05, 3.63) is 40.2 Å². The monoisotopic (exact) mass is 460 g/mol. The Morgan fingerprint density at radius 2 is 2.09 bits per heavy atom. The van der Waals surface area contributed by atoms with Crippen LogP contribution in [-0.4, -0.2) is 52.3 Å². The molecule has 170 valence electrons. The highest BCUT2D eigenvalue weighted by Gasteiger charge is 2.27. The number of hydrogen-bond donors (Lipinski definition) is 2. The largest absolute Gasteiger partial charge is 0.488 e. The lowest BCUT2D eigenvalue weighted by atomic mass is 9.92. The van der Waals surface area contributed by atoms with Gasteiger partial charge in [-0.1, -0.05) is 24.2 Å². The Balaban J connectivity index is 1.55. The second-order valence-electron chi connectivity index (χ2n) is 7.38. The van der Waals surface area contributed by atoms with Gasteiger partial charge in [0.05, 0.1) is 24.9 Å². The summed E-state index contributed by atoms with van der Waals surface area (Å²) in [5, 5.41) is 18.8. The summed E-state index contributed by atoms with van der Waals surface area (Å²) in [6, 6.07) is 3.28. The number of aryl methyl sites for hydroxylation is 1. The molecule has 11 nitrogen and oxygen atoms in total. The molecule has 3 aromatic rings.